The number of primary amides is 1. The average Bonchev–Trinajstić information content (AvgIpc) is 3.40. The summed E-state index contributed by atoms with van der Waals surface area (Å²) >= 11 is 0. The van der Waals surface area contributed by atoms with E-state index in [1.807, 2.05) is 0 Å². The Balaban J connectivity index is 1.51. The monoisotopic (exact) mass is 454 g/mol. The number of nitrogens with two attached hydrogens (primary N) is 2. The fourth-order valence-corrected chi connectivity index (χ4v) is 4.31. The van der Waals surface area contributed by atoms with Gasteiger partial charge in [0.2, 0.25) is 5.91 Å². The van der Waals surface area contributed by atoms with Crippen LogP contribution in [0.3, 0.4) is 0 Å². The minimum Gasteiger partial charge on any atom is -0.351 e. The summed E-state index contributed by atoms with van der Waals surface area (Å²) in [7, 11) is -1.67. The van der Waals surface area contributed by atoms with Crippen LogP contribution < -0.4 is 21.5 Å². The first-order valence-electron chi connectivity index (χ1n) is 9.90. The smallest absolute Gasteiger partial charge is 0.323 e. The Labute approximate surface area is 186 Å². The summed E-state index contributed by atoms with van der Waals surface area (Å²) in [6, 6.07) is 11.7. The maximum Gasteiger partial charge on any atom is 0.323 e. The molecule has 3 aromatic rings. The van der Waals surface area contributed by atoms with Gasteiger partial charge < -0.3 is 21.3 Å². The van der Waals surface area contributed by atoms with Crippen LogP contribution in [0.4, 0.5) is 21.0 Å². The Morgan fingerprint density at radius 3 is 2.59 bits per heavy atom. The second-order valence-corrected chi connectivity index (χ2v) is 8.43. The molecule has 1 unspecified atom stereocenters. The van der Waals surface area contributed by atoms with Gasteiger partial charge in [-0.3, -0.25) is 9.36 Å². The van der Waals surface area contributed by atoms with Crippen molar-refractivity contribution < 1.29 is 18.6 Å². The largest absolute Gasteiger partial charge is 0.351 e. The van der Waals surface area contributed by atoms with Gasteiger partial charge in [-0.15, -0.1) is 0 Å². The number of carbonyl (C=O) groups is 3. The van der Waals surface area contributed by atoms with Crippen molar-refractivity contribution in [2.75, 3.05) is 17.2 Å². The fourth-order valence-electron chi connectivity index (χ4n) is 3.86. The van der Waals surface area contributed by atoms with Crippen LogP contribution in [0, 0.1) is 0 Å². The third-order valence-electron chi connectivity index (χ3n) is 5.34. The highest BCUT2D eigenvalue weighted by Crippen LogP contribution is 2.27. The van der Waals surface area contributed by atoms with Gasteiger partial charge in [-0.1, -0.05) is 24.3 Å². The molecule has 1 aliphatic rings. The number of aromatic nitrogens is 1. The summed E-state index contributed by atoms with van der Waals surface area (Å²) in [5.74, 6) is -0.350. The van der Waals surface area contributed by atoms with E-state index in [2.05, 4.69) is 10.6 Å². The zero-order valence-electron chi connectivity index (χ0n) is 17.0. The number of amides is 4. The number of rotatable bonds is 4. The molecular formula is C21H22N6O4S. The van der Waals surface area contributed by atoms with Crippen LogP contribution in [0.25, 0.3) is 10.9 Å². The molecule has 32 heavy (non-hydrogen) atoms. The highest BCUT2D eigenvalue weighted by molar-refractivity contribution is 7.82. The maximum atomic E-state index is 13.0. The van der Waals surface area contributed by atoms with Crippen molar-refractivity contribution in [1.29, 1.82) is 0 Å². The summed E-state index contributed by atoms with van der Waals surface area (Å²) in [5, 5.41) is 11.6. The summed E-state index contributed by atoms with van der Waals surface area (Å²) in [4.78, 5) is 39.4. The van der Waals surface area contributed by atoms with Gasteiger partial charge in [0, 0.05) is 23.8 Å². The van der Waals surface area contributed by atoms with Gasteiger partial charge in [0.25, 0.3) is 0 Å². The number of likely N-dealkylation sites (tertiary alicyclic amines) is 1. The predicted octanol–water partition coefficient (Wildman–Crippen LogP) is 2.18. The first-order chi connectivity index (χ1) is 15.3. The van der Waals surface area contributed by atoms with Crippen LogP contribution in [0.5, 0.6) is 0 Å². The number of benzene rings is 2. The lowest BCUT2D eigenvalue weighted by molar-refractivity contribution is -0.119. The van der Waals surface area contributed by atoms with E-state index in [4.69, 9.17) is 10.9 Å². The van der Waals surface area contributed by atoms with Gasteiger partial charge in [-0.25, -0.2) is 18.9 Å². The number of nitrogens with zero attached hydrogens (tertiary/aromatic N) is 2. The minimum absolute atomic E-state index is 0.350. The SMILES string of the molecule is NC(=O)n1cc(NC(=O)N2CCC[C@H]2C(=O)Nc2cccc(S(N)=O)c2)c2ccccc21. The lowest BCUT2D eigenvalue weighted by Gasteiger charge is -2.24. The third-order valence-corrected chi connectivity index (χ3v) is 6.06. The van der Waals surface area contributed by atoms with Crippen molar-refractivity contribution in [3.05, 3.63) is 54.7 Å². The van der Waals surface area contributed by atoms with E-state index in [9.17, 15) is 18.6 Å². The minimum atomic E-state index is -1.67. The molecule has 11 heteroatoms. The molecule has 4 amide bonds. The van der Waals surface area contributed by atoms with Crippen LogP contribution in [0.2, 0.25) is 0 Å². The highest BCUT2D eigenvalue weighted by Gasteiger charge is 2.34. The maximum absolute atomic E-state index is 13.0. The highest BCUT2D eigenvalue weighted by atomic mass is 32.2. The van der Waals surface area contributed by atoms with Crippen LogP contribution in [0.1, 0.15) is 12.8 Å². The molecule has 2 heterocycles. The zero-order valence-corrected chi connectivity index (χ0v) is 17.8. The molecule has 1 aliphatic heterocycles. The summed E-state index contributed by atoms with van der Waals surface area (Å²) in [5.41, 5.74) is 6.88. The lowest BCUT2D eigenvalue weighted by Crippen LogP contribution is -2.45. The third kappa shape index (κ3) is 4.20. The standard InChI is InChI=1S/C21H22N6O4S/c22-20(29)27-12-16(15-7-1-2-8-17(15)27)25-21(30)26-10-4-9-18(26)19(28)24-13-5-3-6-14(11-13)32(23)31/h1-3,5-8,11-12,18H,4,9-10,23H2,(H2,22,29)(H,24,28)(H,25,30)/t18-,32?/m0/s1. The molecular weight excluding hydrogens is 432 g/mol. The van der Waals surface area contributed by atoms with E-state index in [0.29, 0.717) is 46.6 Å². The molecule has 6 N–H and O–H groups in total. The number of hydrogen-bond acceptors (Lipinski definition) is 4. The fraction of sp³-hybridized carbons (Fsp3) is 0.190. The van der Waals surface area contributed by atoms with Gasteiger partial charge in [-0.05, 0) is 37.1 Å². The van der Waals surface area contributed by atoms with Crippen LogP contribution >= 0.6 is 0 Å². The summed E-state index contributed by atoms with van der Waals surface area (Å²) < 4.78 is 12.7. The lowest BCUT2D eigenvalue weighted by atomic mass is 10.2. The van der Waals surface area contributed by atoms with E-state index in [1.165, 1.54) is 21.7 Å². The average molecular weight is 455 g/mol. The molecule has 1 aromatic heterocycles. The summed E-state index contributed by atoms with van der Waals surface area (Å²) in [6.45, 7) is 0.408. The number of nitrogens with one attached hydrogen (secondary N) is 2. The molecule has 166 valence electrons. The van der Waals surface area contributed by atoms with Crippen molar-refractivity contribution in [3.8, 4) is 0 Å². The predicted molar refractivity (Wildman–Crippen MR) is 121 cm³/mol. The number of carbonyl (C=O) groups excluding carboxylic acids is 3. The number of anilines is 2. The number of hydrogen-bond donors (Lipinski definition) is 4. The molecule has 0 bridgehead atoms. The van der Waals surface area contributed by atoms with Crippen molar-refractivity contribution in [3.63, 3.8) is 0 Å². The van der Waals surface area contributed by atoms with Crippen LogP contribution in [-0.4, -0.2) is 44.2 Å². The van der Waals surface area contributed by atoms with E-state index >= 15 is 0 Å². The van der Waals surface area contributed by atoms with Crippen molar-refractivity contribution in [2.45, 2.75) is 23.8 Å². The number of urea groups is 1. The Bertz CT molecular complexity index is 1240. The Morgan fingerprint density at radius 2 is 1.84 bits per heavy atom. The van der Waals surface area contributed by atoms with Crippen LogP contribution in [-0.2, 0) is 15.8 Å². The molecule has 2 aromatic carbocycles. The second kappa shape index (κ2) is 8.81. The second-order valence-electron chi connectivity index (χ2n) is 7.36. The van der Waals surface area contributed by atoms with Gasteiger partial charge in [0.05, 0.1) is 16.1 Å². The molecule has 1 saturated heterocycles. The number of fused-ring (bicyclic) bond motifs is 1. The number of para-hydroxylation sites is 1. The van der Waals surface area contributed by atoms with Gasteiger partial charge in [-0.2, -0.15) is 0 Å². The van der Waals surface area contributed by atoms with E-state index in [1.54, 1.807) is 42.5 Å². The van der Waals surface area contributed by atoms with Crippen molar-refractivity contribution in [1.82, 2.24) is 9.47 Å². The van der Waals surface area contributed by atoms with Gasteiger partial charge >= 0.3 is 12.1 Å². The van der Waals surface area contributed by atoms with Crippen molar-refractivity contribution in [2.24, 2.45) is 10.9 Å². The van der Waals surface area contributed by atoms with E-state index < -0.39 is 29.1 Å². The molecule has 1 fully saturated rings. The molecule has 2 atom stereocenters. The Hall–Kier alpha value is -3.70. The van der Waals surface area contributed by atoms with Gasteiger partial charge in [0.1, 0.15) is 17.0 Å². The van der Waals surface area contributed by atoms with E-state index in [-0.39, 0.29) is 5.91 Å². The molecule has 0 spiro atoms. The van der Waals surface area contributed by atoms with E-state index in [0.717, 1.165) is 0 Å². The molecule has 0 saturated carbocycles. The molecule has 0 radical (unpaired) electrons. The van der Waals surface area contributed by atoms with Crippen LogP contribution in [0.15, 0.2) is 59.6 Å². The molecule has 0 aliphatic carbocycles. The van der Waals surface area contributed by atoms with Crippen molar-refractivity contribution >= 4 is 51.2 Å². The zero-order chi connectivity index (χ0) is 22.8. The topological polar surface area (TPSA) is 153 Å². The summed E-state index contributed by atoms with van der Waals surface area (Å²) in [6.07, 6.45) is 2.64. The Morgan fingerprint density at radius 1 is 1.06 bits per heavy atom. The first kappa shape index (κ1) is 21.5. The molecule has 4 rings (SSSR count). The molecule has 10 nitrogen and oxygen atoms in total. The normalized spacial score (nSPS) is 16.7. The Kier molecular flexibility index (Phi) is 5.93. The van der Waals surface area contributed by atoms with Gasteiger partial charge in [0.15, 0.2) is 0 Å². The first-order valence-corrected chi connectivity index (χ1v) is 11.1. The quantitative estimate of drug-likeness (QED) is 0.477.